The minimum atomic E-state index is -3.08. The van der Waals surface area contributed by atoms with Gasteiger partial charge in [-0.2, -0.15) is 8.78 Å². The van der Waals surface area contributed by atoms with Crippen molar-refractivity contribution in [1.82, 2.24) is 0 Å². The van der Waals surface area contributed by atoms with Crippen molar-refractivity contribution in [1.29, 1.82) is 0 Å². The Bertz CT molecular complexity index is 464. The average Bonchev–Trinajstić information content (AvgIpc) is 2.46. The van der Waals surface area contributed by atoms with Crippen LogP contribution in [-0.2, 0) is 4.74 Å². The standard InChI is InChI=1S/C18H26F2O/c1-13-5-8-15(9-6-13)18(19,20)21-16-10-7-14(2)11-17(3,4)12-16/h7,10-13,15H,5-6,8-9H2,1-4H3. The molecule has 0 spiro atoms. The van der Waals surface area contributed by atoms with Crippen LogP contribution in [0.15, 0.2) is 35.6 Å². The molecule has 0 aromatic carbocycles. The van der Waals surface area contributed by atoms with Gasteiger partial charge in [0.2, 0.25) is 0 Å². The number of allylic oxidation sites excluding steroid dienone is 5. The number of rotatable bonds is 3. The lowest BCUT2D eigenvalue weighted by Crippen LogP contribution is -2.34. The van der Waals surface area contributed by atoms with Gasteiger partial charge in [0.15, 0.2) is 0 Å². The van der Waals surface area contributed by atoms with Crippen molar-refractivity contribution in [3.63, 3.8) is 0 Å². The number of hydrogen-bond acceptors (Lipinski definition) is 1. The molecule has 0 saturated heterocycles. The summed E-state index contributed by atoms with van der Waals surface area (Å²) in [6.45, 7) is 8.08. The summed E-state index contributed by atoms with van der Waals surface area (Å²) in [5.74, 6) is 0.167. The molecule has 2 rings (SSSR count). The van der Waals surface area contributed by atoms with E-state index in [0.29, 0.717) is 18.8 Å². The van der Waals surface area contributed by atoms with Crippen LogP contribution < -0.4 is 0 Å². The molecule has 21 heavy (non-hydrogen) atoms. The van der Waals surface area contributed by atoms with Gasteiger partial charge in [-0.3, -0.25) is 0 Å². The average molecular weight is 296 g/mol. The summed E-state index contributed by atoms with van der Waals surface area (Å²) in [5, 5.41) is 0. The van der Waals surface area contributed by atoms with E-state index < -0.39 is 12.0 Å². The summed E-state index contributed by atoms with van der Waals surface area (Å²) in [7, 11) is 0. The fraction of sp³-hybridized carbons (Fsp3) is 0.667. The fourth-order valence-electron chi connectivity index (χ4n) is 3.21. The molecule has 118 valence electrons. The lowest BCUT2D eigenvalue weighted by Gasteiger charge is -2.32. The van der Waals surface area contributed by atoms with Gasteiger partial charge in [0.25, 0.3) is 0 Å². The molecule has 0 atom stereocenters. The summed E-state index contributed by atoms with van der Waals surface area (Å²) in [5.41, 5.74) is 0.782. The molecule has 2 aliphatic carbocycles. The Morgan fingerprint density at radius 2 is 1.71 bits per heavy atom. The van der Waals surface area contributed by atoms with Gasteiger partial charge < -0.3 is 4.74 Å². The monoisotopic (exact) mass is 296 g/mol. The Morgan fingerprint density at radius 1 is 1.10 bits per heavy atom. The number of halogens is 2. The second-order valence-corrected chi connectivity index (χ2v) is 7.21. The summed E-state index contributed by atoms with van der Waals surface area (Å²) in [6.07, 6.45) is 7.07. The molecule has 0 bridgehead atoms. The first kappa shape index (κ1) is 16.3. The number of alkyl halides is 2. The largest absolute Gasteiger partial charge is 0.433 e. The number of ether oxygens (including phenoxy) is 1. The Balaban J connectivity index is 2.09. The second kappa shape index (κ2) is 5.94. The predicted molar refractivity (Wildman–Crippen MR) is 81.9 cm³/mol. The van der Waals surface area contributed by atoms with E-state index in [2.05, 4.69) is 13.0 Å². The molecule has 1 nitrogen and oxygen atoms in total. The van der Waals surface area contributed by atoms with Crippen molar-refractivity contribution in [3.05, 3.63) is 35.6 Å². The van der Waals surface area contributed by atoms with Crippen LogP contribution >= 0.6 is 0 Å². The molecule has 1 fully saturated rings. The molecule has 0 unspecified atom stereocenters. The van der Waals surface area contributed by atoms with Gasteiger partial charge in [-0.1, -0.05) is 51.3 Å². The molecule has 0 amide bonds. The van der Waals surface area contributed by atoms with Crippen LogP contribution in [0.4, 0.5) is 8.78 Å². The highest BCUT2D eigenvalue weighted by Crippen LogP contribution is 2.41. The lowest BCUT2D eigenvalue weighted by atomic mass is 9.82. The van der Waals surface area contributed by atoms with Crippen LogP contribution in [0.25, 0.3) is 0 Å². The molecule has 0 N–H and O–H groups in total. The van der Waals surface area contributed by atoms with Crippen molar-refractivity contribution in [2.75, 3.05) is 0 Å². The highest BCUT2D eigenvalue weighted by molar-refractivity contribution is 5.32. The van der Waals surface area contributed by atoms with Gasteiger partial charge >= 0.3 is 6.11 Å². The Labute approximate surface area is 126 Å². The normalized spacial score (nSPS) is 29.4. The Morgan fingerprint density at radius 3 is 2.33 bits per heavy atom. The van der Waals surface area contributed by atoms with Crippen LogP contribution in [0.2, 0.25) is 0 Å². The fourth-order valence-corrected chi connectivity index (χ4v) is 3.21. The summed E-state index contributed by atoms with van der Waals surface area (Å²) in [6, 6.07) is 0. The highest BCUT2D eigenvalue weighted by Gasteiger charge is 2.43. The van der Waals surface area contributed by atoms with E-state index in [1.165, 1.54) is 0 Å². The summed E-state index contributed by atoms with van der Waals surface area (Å²) >= 11 is 0. The second-order valence-electron chi connectivity index (χ2n) is 7.21. The third kappa shape index (κ3) is 4.42. The zero-order valence-corrected chi connectivity index (χ0v) is 13.5. The zero-order valence-electron chi connectivity index (χ0n) is 13.5. The van der Waals surface area contributed by atoms with Gasteiger partial charge in [0, 0.05) is 5.41 Å². The van der Waals surface area contributed by atoms with Gasteiger partial charge in [-0.15, -0.1) is 0 Å². The highest BCUT2D eigenvalue weighted by atomic mass is 19.3. The molecule has 1 saturated carbocycles. The van der Waals surface area contributed by atoms with E-state index in [1.807, 2.05) is 26.8 Å². The van der Waals surface area contributed by atoms with Gasteiger partial charge in [-0.25, -0.2) is 0 Å². The van der Waals surface area contributed by atoms with E-state index in [0.717, 1.165) is 18.4 Å². The van der Waals surface area contributed by atoms with Crippen LogP contribution in [0.3, 0.4) is 0 Å². The van der Waals surface area contributed by atoms with Crippen molar-refractivity contribution in [2.45, 2.75) is 59.5 Å². The van der Waals surface area contributed by atoms with E-state index in [1.54, 1.807) is 12.2 Å². The van der Waals surface area contributed by atoms with Crippen LogP contribution in [0, 0.1) is 17.3 Å². The number of hydrogen-bond donors (Lipinski definition) is 0. The van der Waals surface area contributed by atoms with Gasteiger partial charge in [-0.05, 0) is 37.8 Å². The third-order valence-electron chi connectivity index (χ3n) is 4.37. The molecular formula is C18H26F2O. The summed E-state index contributed by atoms with van der Waals surface area (Å²) < 4.78 is 33.9. The first-order chi connectivity index (χ1) is 9.68. The quantitative estimate of drug-likeness (QED) is 0.635. The smallest absolute Gasteiger partial charge is 0.400 e. The molecule has 0 aromatic rings. The van der Waals surface area contributed by atoms with Crippen LogP contribution in [-0.4, -0.2) is 6.11 Å². The SMILES string of the molecule is CC1=CC(C)(C)C=C(OC(F)(F)C2CCC(C)CC2)C=C1. The molecule has 0 aliphatic heterocycles. The molecule has 0 heterocycles. The molecule has 0 radical (unpaired) electrons. The maximum absolute atomic E-state index is 14.4. The first-order valence-corrected chi connectivity index (χ1v) is 7.85. The van der Waals surface area contributed by atoms with Gasteiger partial charge in [0.05, 0.1) is 5.92 Å². The van der Waals surface area contributed by atoms with Crippen LogP contribution in [0.5, 0.6) is 0 Å². The van der Waals surface area contributed by atoms with Crippen molar-refractivity contribution in [2.24, 2.45) is 17.3 Å². The third-order valence-corrected chi connectivity index (χ3v) is 4.37. The van der Waals surface area contributed by atoms with Crippen molar-refractivity contribution < 1.29 is 13.5 Å². The van der Waals surface area contributed by atoms with E-state index in [-0.39, 0.29) is 11.2 Å². The Hall–Kier alpha value is -1.12. The molecule has 0 aromatic heterocycles. The first-order valence-electron chi connectivity index (χ1n) is 7.85. The van der Waals surface area contributed by atoms with E-state index >= 15 is 0 Å². The molecular weight excluding hydrogens is 270 g/mol. The topological polar surface area (TPSA) is 9.23 Å². The Kier molecular flexibility index (Phi) is 4.60. The maximum atomic E-state index is 14.4. The minimum Gasteiger partial charge on any atom is -0.433 e. The van der Waals surface area contributed by atoms with Gasteiger partial charge in [0.1, 0.15) is 5.76 Å². The van der Waals surface area contributed by atoms with E-state index in [4.69, 9.17) is 4.74 Å². The van der Waals surface area contributed by atoms with Crippen molar-refractivity contribution >= 4 is 0 Å². The minimum absolute atomic E-state index is 0.275. The summed E-state index contributed by atoms with van der Waals surface area (Å²) in [4.78, 5) is 0. The van der Waals surface area contributed by atoms with Crippen molar-refractivity contribution in [3.8, 4) is 0 Å². The predicted octanol–water partition coefficient (Wildman–Crippen LogP) is 5.85. The van der Waals surface area contributed by atoms with E-state index in [9.17, 15) is 8.78 Å². The lowest BCUT2D eigenvalue weighted by molar-refractivity contribution is -0.254. The zero-order chi connectivity index (χ0) is 15.7. The maximum Gasteiger partial charge on any atom is 0.400 e. The molecule has 3 heteroatoms. The molecule has 2 aliphatic rings. The van der Waals surface area contributed by atoms with Crippen LogP contribution in [0.1, 0.15) is 53.4 Å².